The molecule has 0 radical (unpaired) electrons. The second-order valence-corrected chi connectivity index (χ2v) is 3.60. The number of ether oxygens (including phenoxy) is 2. The van der Waals surface area contributed by atoms with Gasteiger partial charge in [0.2, 0.25) is 5.88 Å². The second-order valence-electron chi connectivity index (χ2n) is 3.60. The molecule has 2 aromatic rings. The minimum atomic E-state index is -0.419. The van der Waals surface area contributed by atoms with Gasteiger partial charge in [-0.25, -0.2) is 9.78 Å². The number of anilines is 2. The van der Waals surface area contributed by atoms with E-state index in [1.165, 1.54) is 13.4 Å². The van der Waals surface area contributed by atoms with Crippen molar-refractivity contribution in [3.05, 3.63) is 36.2 Å². The predicted molar refractivity (Wildman–Crippen MR) is 68.7 cm³/mol. The number of aromatic nitrogens is 2. The van der Waals surface area contributed by atoms with E-state index >= 15 is 0 Å². The van der Waals surface area contributed by atoms with Crippen molar-refractivity contribution in [2.75, 3.05) is 18.6 Å². The molecule has 2 rings (SSSR count). The van der Waals surface area contributed by atoms with Gasteiger partial charge in [0.1, 0.15) is 17.8 Å². The molecule has 0 aliphatic carbocycles. The number of esters is 1. The fourth-order valence-electron chi connectivity index (χ4n) is 1.36. The van der Waals surface area contributed by atoms with Gasteiger partial charge < -0.3 is 20.9 Å². The molecule has 7 heteroatoms. The van der Waals surface area contributed by atoms with Crippen molar-refractivity contribution in [2.24, 2.45) is 0 Å². The maximum Gasteiger partial charge on any atom is 0.337 e. The van der Waals surface area contributed by atoms with Gasteiger partial charge in [0, 0.05) is 0 Å². The second kappa shape index (κ2) is 5.21. The monoisotopic (exact) mass is 260 g/mol. The highest BCUT2D eigenvalue weighted by Gasteiger charge is 2.09. The zero-order valence-electron chi connectivity index (χ0n) is 10.2. The third-order valence-electron chi connectivity index (χ3n) is 2.37. The summed E-state index contributed by atoms with van der Waals surface area (Å²) < 4.78 is 10.0. The molecule has 98 valence electrons. The molecule has 0 amide bonds. The number of hydrogen-bond donors (Lipinski definition) is 2. The Balaban J connectivity index is 2.20. The molecule has 1 aromatic heterocycles. The van der Waals surface area contributed by atoms with Gasteiger partial charge in [0.05, 0.1) is 12.7 Å². The van der Waals surface area contributed by atoms with Crippen molar-refractivity contribution < 1.29 is 14.3 Å². The summed E-state index contributed by atoms with van der Waals surface area (Å²) in [6, 6.07) is 6.35. The first-order valence-electron chi connectivity index (χ1n) is 5.34. The van der Waals surface area contributed by atoms with Crippen LogP contribution in [0.5, 0.6) is 11.6 Å². The van der Waals surface area contributed by atoms with Crippen LogP contribution in [0.2, 0.25) is 0 Å². The molecule has 0 saturated heterocycles. The molecule has 0 atom stereocenters. The lowest BCUT2D eigenvalue weighted by molar-refractivity contribution is 0.0600. The fraction of sp³-hybridized carbons (Fsp3) is 0.0833. The van der Waals surface area contributed by atoms with E-state index in [1.54, 1.807) is 24.3 Å². The van der Waals surface area contributed by atoms with Crippen LogP contribution in [0.4, 0.5) is 11.5 Å². The lowest BCUT2D eigenvalue weighted by Crippen LogP contribution is -2.03. The Hall–Kier alpha value is -2.83. The number of nitrogen functional groups attached to an aromatic ring is 2. The van der Waals surface area contributed by atoms with Crippen molar-refractivity contribution in [1.29, 1.82) is 0 Å². The van der Waals surface area contributed by atoms with E-state index < -0.39 is 5.97 Å². The summed E-state index contributed by atoms with van der Waals surface area (Å²) in [5, 5.41) is 0. The number of hydrogen-bond acceptors (Lipinski definition) is 7. The number of nitrogens with two attached hydrogens (primary N) is 2. The number of nitrogens with zero attached hydrogens (tertiary/aromatic N) is 2. The first kappa shape index (κ1) is 12.6. The molecule has 1 heterocycles. The Kier molecular flexibility index (Phi) is 3.46. The molecular weight excluding hydrogens is 248 g/mol. The minimum Gasteiger partial charge on any atom is -0.465 e. The van der Waals surface area contributed by atoms with Crippen molar-refractivity contribution in [1.82, 2.24) is 9.97 Å². The summed E-state index contributed by atoms with van der Waals surface area (Å²) in [5.41, 5.74) is 11.8. The highest BCUT2D eigenvalue weighted by molar-refractivity contribution is 5.89. The van der Waals surface area contributed by atoms with Gasteiger partial charge in [-0.2, -0.15) is 4.98 Å². The first-order valence-corrected chi connectivity index (χ1v) is 5.34. The Morgan fingerprint density at radius 1 is 1.16 bits per heavy atom. The smallest absolute Gasteiger partial charge is 0.337 e. The summed E-state index contributed by atoms with van der Waals surface area (Å²) >= 11 is 0. The molecule has 7 nitrogen and oxygen atoms in total. The first-order chi connectivity index (χ1) is 9.11. The summed E-state index contributed by atoms with van der Waals surface area (Å²) in [6.07, 6.45) is 1.25. The van der Waals surface area contributed by atoms with E-state index in [0.29, 0.717) is 11.3 Å². The van der Waals surface area contributed by atoms with Crippen LogP contribution in [0.3, 0.4) is 0 Å². The lowest BCUT2D eigenvalue weighted by Gasteiger charge is -2.08. The summed E-state index contributed by atoms with van der Waals surface area (Å²) in [5.74, 6) is 0.365. The average Bonchev–Trinajstić information content (AvgIpc) is 2.44. The molecule has 0 fully saturated rings. The van der Waals surface area contributed by atoms with Crippen molar-refractivity contribution in [3.63, 3.8) is 0 Å². The van der Waals surface area contributed by atoms with Gasteiger partial charge in [-0.3, -0.25) is 0 Å². The topological polar surface area (TPSA) is 113 Å². The predicted octanol–water partition coefficient (Wildman–Crippen LogP) is 1.22. The van der Waals surface area contributed by atoms with Crippen LogP contribution in [0, 0.1) is 0 Å². The van der Waals surface area contributed by atoms with Crippen molar-refractivity contribution in [3.8, 4) is 11.6 Å². The number of methoxy groups -OCH3 is 1. The van der Waals surface area contributed by atoms with Crippen LogP contribution in [-0.2, 0) is 4.74 Å². The Bertz CT molecular complexity index is 598. The van der Waals surface area contributed by atoms with Crippen LogP contribution in [0.15, 0.2) is 30.6 Å². The van der Waals surface area contributed by atoms with Gasteiger partial charge in [0.25, 0.3) is 0 Å². The van der Waals surface area contributed by atoms with Gasteiger partial charge in [-0.1, -0.05) is 0 Å². The maximum atomic E-state index is 11.3. The lowest BCUT2D eigenvalue weighted by atomic mass is 10.2. The highest BCUT2D eigenvalue weighted by atomic mass is 16.5. The molecule has 0 aliphatic heterocycles. The largest absolute Gasteiger partial charge is 0.465 e. The van der Waals surface area contributed by atoms with Crippen LogP contribution in [0.1, 0.15) is 10.4 Å². The molecule has 0 bridgehead atoms. The van der Waals surface area contributed by atoms with E-state index in [2.05, 4.69) is 14.7 Å². The van der Waals surface area contributed by atoms with Gasteiger partial charge in [-0.15, -0.1) is 0 Å². The highest BCUT2D eigenvalue weighted by Crippen LogP contribution is 2.27. The van der Waals surface area contributed by atoms with E-state index in [-0.39, 0.29) is 17.4 Å². The summed E-state index contributed by atoms with van der Waals surface area (Å²) in [4.78, 5) is 18.9. The van der Waals surface area contributed by atoms with E-state index in [9.17, 15) is 4.79 Å². The third kappa shape index (κ3) is 2.71. The molecule has 0 spiro atoms. The Morgan fingerprint density at radius 3 is 2.47 bits per heavy atom. The summed E-state index contributed by atoms with van der Waals surface area (Å²) in [7, 11) is 1.32. The average molecular weight is 260 g/mol. The standard InChI is InChI=1S/C12H12N4O3/c1-18-12(17)7-2-4-8(5-3-7)19-11-9(13)10(14)15-6-16-11/h2-6H,13H2,1H3,(H2,14,15,16). The van der Waals surface area contributed by atoms with Gasteiger partial charge in [0.15, 0.2) is 5.82 Å². The maximum absolute atomic E-state index is 11.3. The zero-order valence-corrected chi connectivity index (χ0v) is 10.2. The van der Waals surface area contributed by atoms with E-state index in [1.807, 2.05) is 0 Å². The molecule has 0 unspecified atom stereocenters. The SMILES string of the molecule is COC(=O)c1ccc(Oc2ncnc(N)c2N)cc1. The van der Waals surface area contributed by atoms with Gasteiger partial charge >= 0.3 is 5.97 Å². The molecule has 1 aromatic carbocycles. The van der Waals surface area contributed by atoms with Gasteiger partial charge in [-0.05, 0) is 24.3 Å². The molecule has 0 saturated carbocycles. The van der Waals surface area contributed by atoms with Crippen LogP contribution < -0.4 is 16.2 Å². The summed E-state index contributed by atoms with van der Waals surface area (Å²) in [6.45, 7) is 0. The number of carbonyl (C=O) groups is 1. The fourth-order valence-corrected chi connectivity index (χ4v) is 1.36. The van der Waals surface area contributed by atoms with Crippen LogP contribution in [-0.4, -0.2) is 23.0 Å². The number of rotatable bonds is 3. The minimum absolute atomic E-state index is 0.149. The van der Waals surface area contributed by atoms with Crippen molar-refractivity contribution in [2.45, 2.75) is 0 Å². The third-order valence-corrected chi connectivity index (χ3v) is 2.37. The molecule has 0 aliphatic rings. The van der Waals surface area contributed by atoms with E-state index in [4.69, 9.17) is 16.2 Å². The van der Waals surface area contributed by atoms with E-state index in [0.717, 1.165) is 0 Å². The number of benzene rings is 1. The van der Waals surface area contributed by atoms with Crippen LogP contribution in [0.25, 0.3) is 0 Å². The Labute approximate surface area is 109 Å². The quantitative estimate of drug-likeness (QED) is 0.797. The van der Waals surface area contributed by atoms with Crippen molar-refractivity contribution >= 4 is 17.5 Å². The molecule has 19 heavy (non-hydrogen) atoms. The number of carbonyl (C=O) groups excluding carboxylic acids is 1. The molecular formula is C12H12N4O3. The van der Waals surface area contributed by atoms with Crippen LogP contribution >= 0.6 is 0 Å². The Morgan fingerprint density at radius 2 is 1.84 bits per heavy atom. The zero-order chi connectivity index (χ0) is 13.8. The molecule has 4 N–H and O–H groups in total. The normalized spacial score (nSPS) is 9.95.